The van der Waals surface area contributed by atoms with Crippen LogP contribution in [0.1, 0.15) is 40.1 Å². The van der Waals surface area contributed by atoms with E-state index in [0.717, 1.165) is 24.3 Å². The summed E-state index contributed by atoms with van der Waals surface area (Å²) in [4.78, 5) is 27.3. The predicted molar refractivity (Wildman–Crippen MR) is 125 cm³/mol. The van der Waals surface area contributed by atoms with Crippen molar-refractivity contribution in [3.8, 4) is 0 Å². The Bertz CT molecular complexity index is 1210. The van der Waals surface area contributed by atoms with E-state index in [-0.39, 0.29) is 30.8 Å². The van der Waals surface area contributed by atoms with Gasteiger partial charge in [0.2, 0.25) is 0 Å². The molecular weight excluding hydrogens is 462 g/mol. The number of anilines is 1. The first-order chi connectivity index (χ1) is 16.5. The summed E-state index contributed by atoms with van der Waals surface area (Å²) in [5.41, 5.74) is 5.72. The quantitative estimate of drug-likeness (QED) is 0.433. The van der Waals surface area contributed by atoms with Crippen LogP contribution in [-0.2, 0) is 6.54 Å². The number of rotatable bonds is 8. The molecule has 0 unspecified atom stereocenters. The molecule has 0 aliphatic heterocycles. The van der Waals surface area contributed by atoms with E-state index in [9.17, 15) is 27.2 Å². The Kier molecular flexibility index (Phi) is 7.91. The van der Waals surface area contributed by atoms with Crippen molar-refractivity contribution < 1.29 is 27.2 Å². The maximum Gasteiger partial charge on any atom is 0.255 e. The Morgan fingerprint density at radius 2 is 1.37 bits per heavy atom. The number of carbonyl (C=O) groups is 2. The van der Waals surface area contributed by atoms with Crippen LogP contribution in [0.25, 0.3) is 0 Å². The Labute approximate surface area is 200 Å². The first-order valence-electron chi connectivity index (χ1n) is 10.8. The summed E-state index contributed by atoms with van der Waals surface area (Å²) in [7, 11) is 0. The van der Waals surface area contributed by atoms with Gasteiger partial charge in [-0.1, -0.05) is 32.0 Å². The van der Waals surface area contributed by atoms with E-state index in [1.54, 1.807) is 24.3 Å². The number of halogens is 4. The van der Waals surface area contributed by atoms with Crippen molar-refractivity contribution in [1.29, 1.82) is 0 Å². The third-order valence-electron chi connectivity index (χ3n) is 5.32. The highest BCUT2D eigenvalue weighted by molar-refractivity contribution is 6.04. The Balaban J connectivity index is 1.93. The predicted octanol–water partition coefficient (Wildman–Crippen LogP) is 5.12. The van der Waals surface area contributed by atoms with E-state index in [2.05, 4.69) is 5.32 Å². The lowest BCUT2D eigenvalue weighted by atomic mass is 9.92. The first kappa shape index (κ1) is 25.9. The minimum Gasteiger partial charge on any atom is -0.334 e. The molecule has 5 nitrogen and oxygen atoms in total. The molecule has 0 spiro atoms. The van der Waals surface area contributed by atoms with E-state index in [1.165, 1.54) is 4.90 Å². The normalized spacial score (nSPS) is 11.3. The van der Waals surface area contributed by atoms with Crippen LogP contribution in [0.15, 0.2) is 60.7 Å². The molecule has 3 rings (SSSR count). The number of hydrogen-bond acceptors (Lipinski definition) is 3. The van der Waals surface area contributed by atoms with Crippen LogP contribution in [0.4, 0.5) is 23.2 Å². The molecule has 0 saturated carbocycles. The molecule has 184 valence electrons. The van der Waals surface area contributed by atoms with Gasteiger partial charge in [0, 0.05) is 42.0 Å². The zero-order chi connectivity index (χ0) is 25.8. The van der Waals surface area contributed by atoms with Crippen molar-refractivity contribution in [1.82, 2.24) is 4.90 Å². The van der Waals surface area contributed by atoms with Gasteiger partial charge in [0.15, 0.2) is 0 Å². The van der Waals surface area contributed by atoms with Crippen LogP contribution >= 0.6 is 0 Å². The highest BCUT2D eigenvalue weighted by atomic mass is 19.1. The molecule has 3 aromatic carbocycles. The smallest absolute Gasteiger partial charge is 0.255 e. The van der Waals surface area contributed by atoms with Crippen LogP contribution < -0.4 is 11.1 Å². The van der Waals surface area contributed by atoms with E-state index in [0.29, 0.717) is 23.4 Å². The van der Waals surface area contributed by atoms with E-state index < -0.39 is 40.5 Å². The molecule has 0 fully saturated rings. The highest BCUT2D eigenvalue weighted by Gasteiger charge is 2.26. The second-order valence-corrected chi connectivity index (χ2v) is 8.96. The minimum atomic E-state index is -0.897. The van der Waals surface area contributed by atoms with Gasteiger partial charge in [-0.3, -0.25) is 9.59 Å². The molecule has 35 heavy (non-hydrogen) atoms. The van der Waals surface area contributed by atoms with E-state index >= 15 is 0 Å². The lowest BCUT2D eigenvalue weighted by molar-refractivity contribution is 0.0672. The average molecular weight is 487 g/mol. The molecule has 3 N–H and O–H groups in total. The first-order valence-corrected chi connectivity index (χ1v) is 10.8. The number of nitrogens with two attached hydrogens (primary N) is 1. The van der Waals surface area contributed by atoms with Gasteiger partial charge in [0.05, 0.1) is 0 Å². The number of benzene rings is 3. The van der Waals surface area contributed by atoms with Gasteiger partial charge in [-0.15, -0.1) is 0 Å². The number of nitrogens with zero attached hydrogens (tertiary/aromatic N) is 1. The Morgan fingerprint density at radius 3 is 1.91 bits per heavy atom. The zero-order valence-electron chi connectivity index (χ0n) is 19.2. The fraction of sp³-hybridized carbons (Fsp3) is 0.231. The lowest BCUT2D eigenvalue weighted by Gasteiger charge is -2.32. The van der Waals surface area contributed by atoms with Gasteiger partial charge < -0.3 is 16.0 Å². The highest BCUT2D eigenvalue weighted by Crippen LogP contribution is 2.24. The van der Waals surface area contributed by atoms with Crippen LogP contribution in [0.5, 0.6) is 0 Å². The SMILES string of the molecule is CC(C)(CN)CN(Cc1ccccc1NC(=O)c1cc(F)cc(F)c1)C(=O)c1cc(F)cc(F)c1. The molecule has 3 aromatic rings. The molecule has 0 bridgehead atoms. The van der Waals surface area contributed by atoms with Crippen molar-refractivity contribution in [2.75, 3.05) is 18.4 Å². The summed E-state index contributed by atoms with van der Waals surface area (Å²) in [5.74, 6) is -4.94. The second-order valence-electron chi connectivity index (χ2n) is 8.96. The van der Waals surface area contributed by atoms with E-state index in [4.69, 9.17) is 5.73 Å². The van der Waals surface area contributed by atoms with Crippen LogP contribution in [0.2, 0.25) is 0 Å². The molecule has 2 amide bonds. The van der Waals surface area contributed by atoms with Gasteiger partial charge in [-0.05, 0) is 47.9 Å². The number of para-hydroxylation sites is 1. The van der Waals surface area contributed by atoms with Crippen molar-refractivity contribution in [3.05, 3.63) is 101 Å². The van der Waals surface area contributed by atoms with Gasteiger partial charge in [-0.2, -0.15) is 0 Å². The monoisotopic (exact) mass is 487 g/mol. The Morgan fingerprint density at radius 1 is 0.857 bits per heavy atom. The summed E-state index contributed by atoms with van der Waals surface area (Å²) in [6.07, 6.45) is 0. The molecule has 0 aliphatic carbocycles. The minimum absolute atomic E-state index is 0.0334. The standard InChI is InChI=1S/C26H25F4N3O2/c1-26(2,14-31)15-33(25(35)18-9-21(29)12-22(30)10-18)13-16-5-3-4-6-23(16)32-24(34)17-7-19(27)11-20(28)8-17/h3-12H,13-15,31H2,1-2H3,(H,32,34). The van der Waals surface area contributed by atoms with Crippen molar-refractivity contribution in [2.24, 2.45) is 11.1 Å². The summed E-state index contributed by atoms with van der Waals surface area (Å²) in [6, 6.07) is 11.6. The zero-order valence-corrected chi connectivity index (χ0v) is 19.2. The fourth-order valence-electron chi connectivity index (χ4n) is 3.51. The second kappa shape index (κ2) is 10.7. The van der Waals surface area contributed by atoms with Gasteiger partial charge >= 0.3 is 0 Å². The number of amides is 2. The number of hydrogen-bond donors (Lipinski definition) is 2. The topological polar surface area (TPSA) is 75.4 Å². The van der Waals surface area contributed by atoms with Gasteiger partial charge in [0.1, 0.15) is 23.3 Å². The molecular formula is C26H25F4N3O2. The van der Waals surface area contributed by atoms with Crippen molar-refractivity contribution in [2.45, 2.75) is 20.4 Å². The Hall–Kier alpha value is -3.72. The largest absolute Gasteiger partial charge is 0.334 e. The van der Waals surface area contributed by atoms with Crippen LogP contribution in [-0.4, -0.2) is 29.8 Å². The number of carbonyl (C=O) groups excluding carboxylic acids is 2. The molecule has 9 heteroatoms. The molecule has 0 aliphatic rings. The fourth-order valence-corrected chi connectivity index (χ4v) is 3.51. The third kappa shape index (κ3) is 6.89. The molecule has 0 saturated heterocycles. The van der Waals surface area contributed by atoms with Crippen LogP contribution in [0, 0.1) is 28.7 Å². The summed E-state index contributed by atoms with van der Waals surface area (Å²) in [5, 5.41) is 2.61. The van der Waals surface area contributed by atoms with Gasteiger partial charge in [-0.25, -0.2) is 17.6 Å². The average Bonchev–Trinajstić information content (AvgIpc) is 2.78. The maximum atomic E-state index is 13.8. The van der Waals surface area contributed by atoms with Crippen molar-refractivity contribution >= 4 is 17.5 Å². The molecule has 0 radical (unpaired) electrons. The van der Waals surface area contributed by atoms with Gasteiger partial charge in [0.25, 0.3) is 11.8 Å². The number of nitrogens with one attached hydrogen (secondary N) is 1. The van der Waals surface area contributed by atoms with Crippen LogP contribution in [0.3, 0.4) is 0 Å². The van der Waals surface area contributed by atoms with E-state index in [1.807, 2.05) is 13.8 Å². The third-order valence-corrected chi connectivity index (χ3v) is 5.32. The summed E-state index contributed by atoms with van der Waals surface area (Å²) in [6.45, 7) is 4.03. The molecule has 0 atom stereocenters. The maximum absolute atomic E-state index is 13.8. The van der Waals surface area contributed by atoms with Crippen molar-refractivity contribution in [3.63, 3.8) is 0 Å². The lowest BCUT2D eigenvalue weighted by Crippen LogP contribution is -2.42. The molecule has 0 aromatic heterocycles. The molecule has 0 heterocycles. The summed E-state index contributed by atoms with van der Waals surface area (Å²) < 4.78 is 54.7. The summed E-state index contributed by atoms with van der Waals surface area (Å²) >= 11 is 0.